The maximum absolute atomic E-state index is 4.60. The molecular weight excluding hydrogens is 234 g/mol. The number of imidazole rings is 1. The van der Waals surface area contributed by atoms with Crippen LogP contribution in [0.25, 0.3) is 5.65 Å². The summed E-state index contributed by atoms with van der Waals surface area (Å²) in [4.78, 5) is 4.60. The van der Waals surface area contributed by atoms with E-state index in [1.54, 1.807) is 0 Å². The monoisotopic (exact) mass is 257 g/mol. The number of nitrogens with one attached hydrogen (secondary N) is 1. The quantitative estimate of drug-likeness (QED) is 0.772. The first-order valence-corrected chi connectivity index (χ1v) is 6.97. The molecule has 3 heteroatoms. The maximum Gasteiger partial charge on any atom is 0.136 e. The number of fused-ring (bicyclic) bond motifs is 1. The van der Waals surface area contributed by atoms with Crippen LogP contribution in [0.4, 0.5) is 0 Å². The van der Waals surface area contributed by atoms with Gasteiger partial charge in [0.1, 0.15) is 5.65 Å². The molecule has 0 spiro atoms. The molecular formula is C16H23N3. The molecule has 0 saturated heterocycles. The van der Waals surface area contributed by atoms with Crippen molar-refractivity contribution < 1.29 is 0 Å². The standard InChI is InChI=1S/C16H23N3/c1-4-7-13(2)14(3)17-10-9-15-12-19-11-6-5-8-16(19)18-15/h4-6,8,11-14,17H,1,7,9-10H2,2-3H3/t13-,14-/m0/s1. The lowest BCUT2D eigenvalue weighted by atomic mass is 10.00. The molecule has 0 aliphatic rings. The summed E-state index contributed by atoms with van der Waals surface area (Å²) in [6.07, 6.45) is 8.16. The molecule has 0 aromatic carbocycles. The molecule has 2 aromatic rings. The van der Waals surface area contributed by atoms with Crippen LogP contribution in [-0.4, -0.2) is 22.0 Å². The lowest BCUT2D eigenvalue weighted by Crippen LogP contribution is -2.33. The van der Waals surface area contributed by atoms with Crippen molar-refractivity contribution in [2.45, 2.75) is 32.7 Å². The zero-order chi connectivity index (χ0) is 13.7. The lowest BCUT2D eigenvalue weighted by Gasteiger charge is -2.19. The van der Waals surface area contributed by atoms with E-state index < -0.39 is 0 Å². The summed E-state index contributed by atoms with van der Waals surface area (Å²) in [6, 6.07) is 6.58. The molecule has 2 aromatic heterocycles. The van der Waals surface area contributed by atoms with E-state index in [2.05, 4.69) is 41.3 Å². The molecule has 0 amide bonds. The first-order chi connectivity index (χ1) is 9.20. The summed E-state index contributed by atoms with van der Waals surface area (Å²) in [6.45, 7) is 9.25. The highest BCUT2D eigenvalue weighted by Crippen LogP contribution is 2.08. The number of allylic oxidation sites excluding steroid dienone is 1. The van der Waals surface area contributed by atoms with E-state index in [0.717, 1.165) is 30.7 Å². The summed E-state index contributed by atoms with van der Waals surface area (Å²) in [7, 11) is 0. The second-order valence-electron chi connectivity index (χ2n) is 5.19. The molecule has 0 fully saturated rings. The highest BCUT2D eigenvalue weighted by molar-refractivity contribution is 5.39. The van der Waals surface area contributed by atoms with E-state index in [1.165, 1.54) is 0 Å². The van der Waals surface area contributed by atoms with Gasteiger partial charge in [0, 0.05) is 31.4 Å². The molecule has 3 nitrogen and oxygen atoms in total. The number of pyridine rings is 1. The van der Waals surface area contributed by atoms with Crippen molar-refractivity contribution in [3.63, 3.8) is 0 Å². The van der Waals surface area contributed by atoms with Gasteiger partial charge in [-0.15, -0.1) is 6.58 Å². The highest BCUT2D eigenvalue weighted by Gasteiger charge is 2.09. The second-order valence-corrected chi connectivity index (χ2v) is 5.19. The number of aromatic nitrogens is 2. The van der Waals surface area contributed by atoms with E-state index in [9.17, 15) is 0 Å². The van der Waals surface area contributed by atoms with Crippen LogP contribution in [0.1, 0.15) is 26.0 Å². The zero-order valence-electron chi connectivity index (χ0n) is 11.8. The largest absolute Gasteiger partial charge is 0.314 e. The minimum absolute atomic E-state index is 0.509. The Balaban J connectivity index is 1.83. The van der Waals surface area contributed by atoms with Crippen LogP contribution in [0.5, 0.6) is 0 Å². The van der Waals surface area contributed by atoms with Crippen molar-refractivity contribution in [1.82, 2.24) is 14.7 Å². The molecule has 2 atom stereocenters. The zero-order valence-corrected chi connectivity index (χ0v) is 11.8. The van der Waals surface area contributed by atoms with Crippen LogP contribution in [0.3, 0.4) is 0 Å². The predicted molar refractivity (Wildman–Crippen MR) is 80.3 cm³/mol. The Bertz CT molecular complexity index is 497. The van der Waals surface area contributed by atoms with E-state index in [1.807, 2.05) is 30.5 Å². The molecule has 2 rings (SSSR count). The van der Waals surface area contributed by atoms with Crippen LogP contribution >= 0.6 is 0 Å². The van der Waals surface area contributed by atoms with Crippen LogP contribution in [0, 0.1) is 5.92 Å². The number of hydrogen-bond acceptors (Lipinski definition) is 2. The van der Waals surface area contributed by atoms with Gasteiger partial charge in [-0.2, -0.15) is 0 Å². The third-order valence-electron chi connectivity index (χ3n) is 3.65. The summed E-state index contributed by atoms with van der Waals surface area (Å²) >= 11 is 0. The van der Waals surface area contributed by atoms with E-state index in [0.29, 0.717) is 12.0 Å². The van der Waals surface area contributed by atoms with E-state index in [4.69, 9.17) is 0 Å². The smallest absolute Gasteiger partial charge is 0.136 e. The average Bonchev–Trinajstić information content (AvgIpc) is 2.81. The predicted octanol–water partition coefficient (Wildman–Crippen LogP) is 3.07. The SMILES string of the molecule is C=CC[C@H](C)[C@H](C)NCCc1cn2ccccc2n1. The fraction of sp³-hybridized carbons (Fsp3) is 0.438. The van der Waals surface area contributed by atoms with Crippen molar-refractivity contribution >= 4 is 5.65 Å². The molecule has 0 bridgehead atoms. The minimum atomic E-state index is 0.509. The Hall–Kier alpha value is -1.61. The molecule has 0 radical (unpaired) electrons. The third kappa shape index (κ3) is 3.67. The van der Waals surface area contributed by atoms with Gasteiger partial charge in [-0.05, 0) is 31.4 Å². The van der Waals surface area contributed by atoms with Crippen molar-refractivity contribution in [3.05, 3.63) is 48.9 Å². The van der Waals surface area contributed by atoms with Gasteiger partial charge in [-0.1, -0.05) is 19.1 Å². The Morgan fingerprint density at radius 1 is 1.42 bits per heavy atom. The normalized spacial score (nSPS) is 14.4. The second kappa shape index (κ2) is 6.53. The molecule has 19 heavy (non-hydrogen) atoms. The molecule has 102 valence electrons. The Kier molecular flexibility index (Phi) is 4.74. The molecule has 0 aliphatic heterocycles. The van der Waals surface area contributed by atoms with Crippen LogP contribution in [-0.2, 0) is 6.42 Å². The van der Waals surface area contributed by atoms with Crippen LogP contribution in [0.2, 0.25) is 0 Å². The Morgan fingerprint density at radius 2 is 2.26 bits per heavy atom. The third-order valence-corrected chi connectivity index (χ3v) is 3.65. The van der Waals surface area contributed by atoms with Gasteiger partial charge in [0.05, 0.1) is 5.69 Å². The van der Waals surface area contributed by atoms with Crippen LogP contribution < -0.4 is 5.32 Å². The lowest BCUT2D eigenvalue weighted by molar-refractivity contribution is 0.405. The molecule has 0 aliphatic carbocycles. The highest BCUT2D eigenvalue weighted by atomic mass is 15.0. The average molecular weight is 257 g/mol. The fourth-order valence-electron chi connectivity index (χ4n) is 2.20. The van der Waals surface area contributed by atoms with Gasteiger partial charge in [-0.25, -0.2) is 4.98 Å². The van der Waals surface area contributed by atoms with Crippen molar-refractivity contribution in [2.24, 2.45) is 5.92 Å². The molecule has 0 unspecified atom stereocenters. The molecule has 2 heterocycles. The summed E-state index contributed by atoms with van der Waals surface area (Å²) < 4.78 is 2.07. The molecule has 0 saturated carbocycles. The van der Waals surface area contributed by atoms with Crippen molar-refractivity contribution in [2.75, 3.05) is 6.54 Å². The summed E-state index contributed by atoms with van der Waals surface area (Å²) in [5.74, 6) is 0.624. The summed E-state index contributed by atoms with van der Waals surface area (Å²) in [5, 5.41) is 3.56. The van der Waals surface area contributed by atoms with Crippen LogP contribution in [0.15, 0.2) is 43.2 Å². The maximum atomic E-state index is 4.60. The Morgan fingerprint density at radius 3 is 3.00 bits per heavy atom. The number of nitrogens with zero attached hydrogens (tertiary/aromatic N) is 2. The van der Waals surface area contributed by atoms with Crippen molar-refractivity contribution in [1.29, 1.82) is 0 Å². The Labute approximate surface area is 115 Å². The van der Waals surface area contributed by atoms with E-state index in [-0.39, 0.29) is 0 Å². The van der Waals surface area contributed by atoms with E-state index >= 15 is 0 Å². The number of hydrogen-bond donors (Lipinski definition) is 1. The van der Waals surface area contributed by atoms with Gasteiger partial charge in [0.25, 0.3) is 0 Å². The summed E-state index contributed by atoms with van der Waals surface area (Å²) in [5.41, 5.74) is 2.16. The van der Waals surface area contributed by atoms with Gasteiger partial charge in [0.2, 0.25) is 0 Å². The first-order valence-electron chi connectivity index (χ1n) is 6.97. The molecule has 1 N–H and O–H groups in total. The van der Waals surface area contributed by atoms with Gasteiger partial charge in [-0.3, -0.25) is 0 Å². The van der Waals surface area contributed by atoms with Crippen molar-refractivity contribution in [3.8, 4) is 0 Å². The topological polar surface area (TPSA) is 29.3 Å². The number of rotatable bonds is 7. The first kappa shape index (κ1) is 13.8. The minimum Gasteiger partial charge on any atom is -0.314 e. The van der Waals surface area contributed by atoms with Gasteiger partial charge < -0.3 is 9.72 Å². The van der Waals surface area contributed by atoms with Gasteiger partial charge in [0.15, 0.2) is 0 Å². The van der Waals surface area contributed by atoms with Gasteiger partial charge >= 0.3 is 0 Å². The fourth-order valence-corrected chi connectivity index (χ4v) is 2.20.